The third kappa shape index (κ3) is 2.85. The van der Waals surface area contributed by atoms with E-state index in [1.54, 1.807) is 6.20 Å². The van der Waals surface area contributed by atoms with Gasteiger partial charge in [0.05, 0.1) is 17.6 Å². The molecular weight excluding hydrogens is 304 g/mol. The first-order valence-corrected chi connectivity index (χ1v) is 8.01. The number of piperazine rings is 1. The van der Waals surface area contributed by atoms with Gasteiger partial charge in [0.25, 0.3) is 5.91 Å². The zero-order chi connectivity index (χ0) is 16.4. The molecule has 0 spiro atoms. The smallest absolute Gasteiger partial charge is 0.254 e. The number of nitrogens with zero attached hydrogens (tertiary/aromatic N) is 5. The maximum absolute atomic E-state index is 12.9. The average molecular weight is 322 g/mol. The summed E-state index contributed by atoms with van der Waals surface area (Å²) in [6.07, 6.45) is 3.22. The van der Waals surface area contributed by atoms with Gasteiger partial charge in [0.1, 0.15) is 12.2 Å². The Morgan fingerprint density at radius 3 is 2.71 bits per heavy atom. The molecular formula is C17H18N6O. The molecule has 7 nitrogen and oxygen atoms in total. The second-order valence-electron chi connectivity index (χ2n) is 5.88. The fourth-order valence-electron chi connectivity index (χ4n) is 3.08. The van der Waals surface area contributed by atoms with E-state index >= 15 is 0 Å². The first-order valence-electron chi connectivity index (χ1n) is 8.01. The summed E-state index contributed by atoms with van der Waals surface area (Å²) in [6.45, 7) is 3.82. The molecule has 1 aliphatic rings. The van der Waals surface area contributed by atoms with Gasteiger partial charge >= 0.3 is 0 Å². The number of rotatable bonds is 3. The van der Waals surface area contributed by atoms with Crippen molar-refractivity contribution < 1.29 is 4.79 Å². The number of pyridine rings is 1. The zero-order valence-electron chi connectivity index (χ0n) is 13.2. The van der Waals surface area contributed by atoms with Crippen LogP contribution < -0.4 is 0 Å². The first kappa shape index (κ1) is 14.8. The molecule has 3 heterocycles. The second kappa shape index (κ2) is 6.37. The van der Waals surface area contributed by atoms with Crippen LogP contribution in [0.5, 0.6) is 0 Å². The fourth-order valence-corrected chi connectivity index (χ4v) is 3.08. The van der Waals surface area contributed by atoms with Crippen molar-refractivity contribution >= 4 is 16.8 Å². The number of fused-ring (bicyclic) bond motifs is 1. The van der Waals surface area contributed by atoms with Crippen LogP contribution in [-0.2, 0) is 6.54 Å². The number of aromatic nitrogens is 4. The quantitative estimate of drug-likeness (QED) is 0.787. The molecule has 0 unspecified atom stereocenters. The van der Waals surface area contributed by atoms with E-state index in [1.807, 2.05) is 35.2 Å². The van der Waals surface area contributed by atoms with E-state index in [1.165, 1.54) is 6.33 Å². The minimum absolute atomic E-state index is 0.0768. The van der Waals surface area contributed by atoms with Crippen LogP contribution in [0.1, 0.15) is 16.2 Å². The number of amides is 1. The lowest BCUT2D eigenvalue weighted by molar-refractivity contribution is 0.0627. The number of benzene rings is 1. The molecule has 4 rings (SSSR count). The summed E-state index contributed by atoms with van der Waals surface area (Å²) >= 11 is 0. The van der Waals surface area contributed by atoms with Gasteiger partial charge in [-0.1, -0.05) is 18.2 Å². The van der Waals surface area contributed by atoms with Gasteiger partial charge in [0, 0.05) is 37.8 Å². The van der Waals surface area contributed by atoms with E-state index in [-0.39, 0.29) is 5.91 Å². The molecule has 122 valence electrons. The molecule has 0 radical (unpaired) electrons. The van der Waals surface area contributed by atoms with E-state index in [0.717, 1.165) is 41.9 Å². The van der Waals surface area contributed by atoms with Crippen molar-refractivity contribution in [3.05, 3.63) is 54.2 Å². The number of H-pyrrole nitrogens is 1. The highest BCUT2D eigenvalue weighted by atomic mass is 16.2. The highest BCUT2D eigenvalue weighted by Crippen LogP contribution is 2.19. The summed E-state index contributed by atoms with van der Waals surface area (Å²) in [5, 5.41) is 7.65. The lowest BCUT2D eigenvalue weighted by Gasteiger charge is -2.34. The Kier molecular flexibility index (Phi) is 3.92. The minimum atomic E-state index is 0.0768. The molecule has 0 atom stereocenters. The fraction of sp³-hybridized carbons (Fsp3) is 0.294. The summed E-state index contributed by atoms with van der Waals surface area (Å²) in [4.78, 5) is 25.6. The summed E-state index contributed by atoms with van der Waals surface area (Å²) in [5.74, 6) is 0.933. The molecule has 1 aliphatic heterocycles. The van der Waals surface area contributed by atoms with E-state index in [2.05, 4.69) is 25.1 Å². The van der Waals surface area contributed by atoms with Gasteiger partial charge in [-0.2, -0.15) is 5.10 Å². The third-order valence-electron chi connectivity index (χ3n) is 4.38. The van der Waals surface area contributed by atoms with Gasteiger partial charge in [0.2, 0.25) is 0 Å². The van der Waals surface area contributed by atoms with Gasteiger partial charge in [0.15, 0.2) is 0 Å². The molecule has 2 aromatic heterocycles. The highest BCUT2D eigenvalue weighted by Gasteiger charge is 2.23. The number of hydrogen-bond donors (Lipinski definition) is 1. The molecule has 0 saturated carbocycles. The standard InChI is InChI=1S/C17H18N6O/c24-17(14-5-6-18-15-4-2-1-3-13(14)15)23-9-7-22(8-10-23)11-16-19-12-20-21-16/h1-6,12H,7-11H2,(H,19,20,21). The number of para-hydroxylation sites is 1. The largest absolute Gasteiger partial charge is 0.336 e. The zero-order valence-corrected chi connectivity index (χ0v) is 13.2. The van der Waals surface area contributed by atoms with Crippen molar-refractivity contribution in [3.63, 3.8) is 0 Å². The lowest BCUT2D eigenvalue weighted by Crippen LogP contribution is -2.48. The Labute approximate surface area is 139 Å². The monoisotopic (exact) mass is 322 g/mol. The summed E-state index contributed by atoms with van der Waals surface area (Å²) < 4.78 is 0. The Hall–Kier alpha value is -2.80. The Morgan fingerprint density at radius 2 is 1.92 bits per heavy atom. The van der Waals surface area contributed by atoms with E-state index in [0.29, 0.717) is 13.1 Å². The molecule has 1 fully saturated rings. The van der Waals surface area contributed by atoms with Crippen LogP contribution in [0, 0.1) is 0 Å². The van der Waals surface area contributed by atoms with Gasteiger partial charge in [-0.25, -0.2) is 4.98 Å². The van der Waals surface area contributed by atoms with Crippen molar-refractivity contribution in [1.29, 1.82) is 0 Å². The van der Waals surface area contributed by atoms with Crippen LogP contribution in [0.2, 0.25) is 0 Å². The summed E-state index contributed by atoms with van der Waals surface area (Å²) in [5.41, 5.74) is 1.58. The predicted molar refractivity (Wildman–Crippen MR) is 89.3 cm³/mol. The second-order valence-corrected chi connectivity index (χ2v) is 5.88. The molecule has 3 aromatic rings. The van der Waals surface area contributed by atoms with Gasteiger partial charge < -0.3 is 4.90 Å². The van der Waals surface area contributed by atoms with Gasteiger partial charge in [-0.05, 0) is 12.1 Å². The average Bonchev–Trinajstić information content (AvgIpc) is 3.14. The van der Waals surface area contributed by atoms with E-state index in [9.17, 15) is 4.79 Å². The number of carbonyl (C=O) groups is 1. The van der Waals surface area contributed by atoms with Crippen LogP contribution in [0.3, 0.4) is 0 Å². The number of carbonyl (C=O) groups excluding carboxylic acids is 1. The SMILES string of the molecule is O=C(c1ccnc2ccccc12)N1CCN(Cc2ncn[nH]2)CC1. The Morgan fingerprint density at radius 1 is 1.08 bits per heavy atom. The Balaban J connectivity index is 1.46. The van der Waals surface area contributed by atoms with Gasteiger partial charge in [-0.3, -0.25) is 19.8 Å². The van der Waals surface area contributed by atoms with E-state index < -0.39 is 0 Å². The van der Waals surface area contributed by atoms with Crippen LogP contribution in [0.15, 0.2) is 42.9 Å². The first-order chi connectivity index (χ1) is 11.8. The van der Waals surface area contributed by atoms with E-state index in [4.69, 9.17) is 0 Å². The molecule has 0 aliphatic carbocycles. The summed E-state index contributed by atoms with van der Waals surface area (Å²) in [7, 11) is 0. The predicted octanol–water partition coefficient (Wildman–Crippen LogP) is 1.31. The van der Waals surface area contributed by atoms with Crippen LogP contribution >= 0.6 is 0 Å². The number of aromatic amines is 1. The highest BCUT2D eigenvalue weighted by molar-refractivity contribution is 6.05. The minimum Gasteiger partial charge on any atom is -0.336 e. The molecule has 1 amide bonds. The normalized spacial score (nSPS) is 15.8. The topological polar surface area (TPSA) is 78.0 Å². The summed E-state index contributed by atoms with van der Waals surface area (Å²) in [6, 6.07) is 9.57. The molecule has 1 N–H and O–H groups in total. The number of hydrogen-bond acceptors (Lipinski definition) is 5. The van der Waals surface area contributed by atoms with Crippen molar-refractivity contribution in [2.75, 3.05) is 26.2 Å². The third-order valence-corrected chi connectivity index (χ3v) is 4.38. The van der Waals surface area contributed by atoms with Crippen molar-refractivity contribution in [1.82, 2.24) is 30.0 Å². The van der Waals surface area contributed by atoms with Gasteiger partial charge in [-0.15, -0.1) is 0 Å². The number of nitrogens with one attached hydrogen (secondary N) is 1. The maximum atomic E-state index is 12.9. The van der Waals surface area contributed by atoms with Crippen molar-refractivity contribution in [2.45, 2.75) is 6.54 Å². The van der Waals surface area contributed by atoms with Crippen LogP contribution in [-0.4, -0.2) is 62.1 Å². The molecule has 24 heavy (non-hydrogen) atoms. The Bertz CT molecular complexity index is 834. The molecule has 1 saturated heterocycles. The molecule has 7 heteroatoms. The lowest BCUT2D eigenvalue weighted by atomic mass is 10.1. The van der Waals surface area contributed by atoms with Crippen molar-refractivity contribution in [2.24, 2.45) is 0 Å². The molecule has 1 aromatic carbocycles. The van der Waals surface area contributed by atoms with Crippen molar-refractivity contribution in [3.8, 4) is 0 Å². The molecule has 0 bridgehead atoms. The maximum Gasteiger partial charge on any atom is 0.254 e. The van der Waals surface area contributed by atoms with Crippen LogP contribution in [0.25, 0.3) is 10.9 Å². The van der Waals surface area contributed by atoms with Crippen LogP contribution in [0.4, 0.5) is 0 Å².